The van der Waals surface area contributed by atoms with Crippen LogP contribution in [-0.4, -0.2) is 48.8 Å². The molecule has 3 aromatic carbocycles. The molecule has 1 N–H and O–H groups in total. The van der Waals surface area contributed by atoms with Crippen LogP contribution in [-0.2, 0) is 10.3 Å². The summed E-state index contributed by atoms with van der Waals surface area (Å²) in [6.07, 6.45) is 3.20. The average Bonchev–Trinajstić information content (AvgIpc) is 3.51. The lowest BCUT2D eigenvalue weighted by molar-refractivity contribution is 0.0187. The highest BCUT2D eigenvalue weighted by atomic mass is 16.6. The summed E-state index contributed by atoms with van der Waals surface area (Å²) < 4.78 is 17.3. The highest BCUT2D eigenvalue weighted by Gasteiger charge is 2.47. The lowest BCUT2D eigenvalue weighted by Crippen LogP contribution is -2.42. The van der Waals surface area contributed by atoms with Gasteiger partial charge in [-0.15, -0.1) is 0 Å². The number of amides is 2. The number of hydrogen-bond donors (Lipinski definition) is 1. The van der Waals surface area contributed by atoms with E-state index in [1.165, 1.54) is 0 Å². The van der Waals surface area contributed by atoms with Crippen molar-refractivity contribution in [1.29, 1.82) is 0 Å². The topological polar surface area (TPSA) is 77.1 Å². The van der Waals surface area contributed by atoms with Crippen LogP contribution in [0.3, 0.4) is 0 Å². The van der Waals surface area contributed by atoms with Crippen molar-refractivity contribution in [3.05, 3.63) is 71.3 Å². The monoisotopic (exact) mass is 530 g/mol. The molecular weight excluding hydrogens is 492 g/mol. The molecule has 1 saturated carbocycles. The predicted molar refractivity (Wildman–Crippen MR) is 152 cm³/mol. The minimum absolute atomic E-state index is 0.0606. The van der Waals surface area contributed by atoms with E-state index in [9.17, 15) is 9.59 Å². The number of ether oxygens (including phenoxy) is 3. The Morgan fingerprint density at radius 2 is 1.82 bits per heavy atom. The highest BCUT2D eigenvalue weighted by molar-refractivity contribution is 5.98. The van der Waals surface area contributed by atoms with Crippen molar-refractivity contribution in [2.75, 3.05) is 20.3 Å². The predicted octanol–water partition coefficient (Wildman–Crippen LogP) is 6.35. The lowest BCUT2D eigenvalue weighted by atomic mass is 9.95. The standard InChI is InChI=1S/C32H38N2O5/c1-21-12-13-24(38-20-23-10-8-16-34(23)30(36)39-31(2,3)4)18-27(21)29(35)33-32(14-15-32)28-19-25(37-5)17-22-9-6-7-11-26(22)28/h6-7,9,11-13,17-19,23H,8,10,14-16,20H2,1-5H3,(H,33,35)/t23-/m0/s1. The zero-order valence-electron chi connectivity index (χ0n) is 23.5. The maximum absolute atomic E-state index is 13.6. The van der Waals surface area contributed by atoms with Crippen LogP contribution in [0.15, 0.2) is 54.6 Å². The van der Waals surface area contributed by atoms with Gasteiger partial charge in [0.25, 0.3) is 5.91 Å². The van der Waals surface area contributed by atoms with E-state index in [4.69, 9.17) is 14.2 Å². The Balaban J connectivity index is 1.31. The van der Waals surface area contributed by atoms with Crippen LogP contribution >= 0.6 is 0 Å². The van der Waals surface area contributed by atoms with Crippen molar-refractivity contribution in [2.45, 2.75) is 70.6 Å². The number of rotatable bonds is 7. The fourth-order valence-corrected chi connectivity index (χ4v) is 5.37. The molecular formula is C32H38N2O5. The van der Waals surface area contributed by atoms with Gasteiger partial charge in [-0.3, -0.25) is 4.79 Å². The van der Waals surface area contributed by atoms with Gasteiger partial charge in [-0.2, -0.15) is 0 Å². The van der Waals surface area contributed by atoms with E-state index in [-0.39, 0.29) is 18.0 Å². The van der Waals surface area contributed by atoms with Crippen LogP contribution in [0.25, 0.3) is 10.8 Å². The number of fused-ring (bicyclic) bond motifs is 1. The van der Waals surface area contributed by atoms with Gasteiger partial charge in [0.15, 0.2) is 0 Å². The molecule has 2 fully saturated rings. The third-order valence-corrected chi connectivity index (χ3v) is 7.59. The molecule has 5 rings (SSSR count). The van der Waals surface area contributed by atoms with E-state index < -0.39 is 11.1 Å². The van der Waals surface area contributed by atoms with Gasteiger partial charge in [0.2, 0.25) is 0 Å². The first kappa shape index (κ1) is 26.9. The third-order valence-electron chi connectivity index (χ3n) is 7.59. The zero-order valence-corrected chi connectivity index (χ0v) is 23.5. The average molecular weight is 531 g/mol. The quantitative estimate of drug-likeness (QED) is 0.385. The number of likely N-dealkylation sites (tertiary alicyclic amines) is 1. The van der Waals surface area contributed by atoms with E-state index in [1.54, 1.807) is 18.1 Å². The molecule has 0 radical (unpaired) electrons. The van der Waals surface area contributed by atoms with Gasteiger partial charge in [0, 0.05) is 12.1 Å². The molecule has 1 aliphatic heterocycles. The first-order valence-electron chi connectivity index (χ1n) is 13.7. The maximum atomic E-state index is 13.6. The van der Waals surface area contributed by atoms with E-state index >= 15 is 0 Å². The highest BCUT2D eigenvalue weighted by Crippen LogP contribution is 2.49. The van der Waals surface area contributed by atoms with Crippen LogP contribution in [0.2, 0.25) is 0 Å². The van der Waals surface area contributed by atoms with E-state index in [1.807, 2.05) is 64.1 Å². The Morgan fingerprint density at radius 3 is 2.54 bits per heavy atom. The second kappa shape index (κ2) is 10.4. The molecule has 1 heterocycles. The zero-order chi connectivity index (χ0) is 27.8. The molecule has 1 aliphatic carbocycles. The number of methoxy groups -OCH3 is 1. The van der Waals surface area contributed by atoms with Crippen molar-refractivity contribution in [2.24, 2.45) is 0 Å². The molecule has 0 aromatic heterocycles. The molecule has 7 heteroatoms. The molecule has 39 heavy (non-hydrogen) atoms. The summed E-state index contributed by atoms with van der Waals surface area (Å²) in [5, 5.41) is 5.54. The number of nitrogens with zero attached hydrogens (tertiary/aromatic N) is 1. The van der Waals surface area contributed by atoms with E-state index in [2.05, 4.69) is 17.4 Å². The van der Waals surface area contributed by atoms with Gasteiger partial charge in [-0.25, -0.2) is 4.79 Å². The van der Waals surface area contributed by atoms with Crippen molar-refractivity contribution in [3.8, 4) is 11.5 Å². The number of benzene rings is 3. The van der Waals surface area contributed by atoms with Gasteiger partial charge >= 0.3 is 6.09 Å². The number of hydrogen-bond acceptors (Lipinski definition) is 5. The van der Waals surface area contributed by atoms with Crippen molar-refractivity contribution < 1.29 is 23.8 Å². The molecule has 1 atom stereocenters. The Labute approximate surface area is 230 Å². The van der Waals surface area contributed by atoms with Crippen LogP contribution in [0, 0.1) is 6.92 Å². The molecule has 0 spiro atoms. The summed E-state index contributed by atoms with van der Waals surface area (Å²) in [4.78, 5) is 28.0. The van der Waals surface area contributed by atoms with Gasteiger partial charge in [-0.1, -0.05) is 30.3 Å². The maximum Gasteiger partial charge on any atom is 0.410 e. The Morgan fingerprint density at radius 1 is 1.05 bits per heavy atom. The fraction of sp³-hybridized carbons (Fsp3) is 0.438. The molecule has 1 saturated heterocycles. The minimum atomic E-state index is -0.541. The Hall–Kier alpha value is -3.74. The molecule has 0 bridgehead atoms. The molecule has 0 unspecified atom stereocenters. The summed E-state index contributed by atoms with van der Waals surface area (Å²) in [6.45, 7) is 8.55. The Bertz CT molecular complexity index is 1390. The number of nitrogens with one attached hydrogen (secondary N) is 1. The SMILES string of the molecule is COc1cc(C2(NC(=O)c3cc(OC[C@@H]4CCCN4C(=O)OC(C)(C)C)ccc3C)CC2)c2ccccc2c1. The van der Waals surface area contributed by atoms with Gasteiger partial charge in [-0.05, 0) is 99.5 Å². The summed E-state index contributed by atoms with van der Waals surface area (Å²) in [5.41, 5.74) is 1.58. The van der Waals surface area contributed by atoms with Crippen molar-refractivity contribution in [1.82, 2.24) is 10.2 Å². The largest absolute Gasteiger partial charge is 0.497 e. The van der Waals surface area contributed by atoms with E-state index in [0.717, 1.165) is 53.3 Å². The van der Waals surface area contributed by atoms with Gasteiger partial charge in [0.1, 0.15) is 23.7 Å². The fourth-order valence-electron chi connectivity index (χ4n) is 5.37. The number of aryl methyl sites for hydroxylation is 1. The molecule has 2 amide bonds. The second-order valence-corrected chi connectivity index (χ2v) is 11.7. The number of carbonyl (C=O) groups is 2. The summed E-state index contributed by atoms with van der Waals surface area (Å²) in [6, 6.07) is 17.8. The Kier molecular flexibility index (Phi) is 7.19. The summed E-state index contributed by atoms with van der Waals surface area (Å²) >= 11 is 0. The summed E-state index contributed by atoms with van der Waals surface area (Å²) in [5.74, 6) is 1.26. The lowest BCUT2D eigenvalue weighted by Gasteiger charge is -2.28. The number of carbonyl (C=O) groups excluding carboxylic acids is 2. The molecule has 7 nitrogen and oxygen atoms in total. The smallest absolute Gasteiger partial charge is 0.410 e. The van der Waals surface area contributed by atoms with E-state index in [0.29, 0.717) is 24.5 Å². The third kappa shape index (κ3) is 5.82. The first-order chi connectivity index (χ1) is 18.6. The second-order valence-electron chi connectivity index (χ2n) is 11.7. The summed E-state index contributed by atoms with van der Waals surface area (Å²) in [7, 11) is 1.67. The van der Waals surface area contributed by atoms with Crippen LogP contribution in [0.4, 0.5) is 4.79 Å². The normalized spacial score (nSPS) is 18.1. The molecule has 3 aromatic rings. The molecule has 2 aliphatic rings. The van der Waals surface area contributed by atoms with Crippen LogP contribution in [0.5, 0.6) is 11.5 Å². The van der Waals surface area contributed by atoms with Gasteiger partial charge < -0.3 is 24.4 Å². The first-order valence-corrected chi connectivity index (χ1v) is 13.7. The van der Waals surface area contributed by atoms with Crippen LogP contribution in [0.1, 0.15) is 67.9 Å². The molecule has 206 valence electrons. The van der Waals surface area contributed by atoms with Crippen molar-refractivity contribution in [3.63, 3.8) is 0 Å². The van der Waals surface area contributed by atoms with Crippen molar-refractivity contribution >= 4 is 22.8 Å². The van der Waals surface area contributed by atoms with Gasteiger partial charge in [0.05, 0.1) is 18.7 Å². The minimum Gasteiger partial charge on any atom is -0.497 e. The van der Waals surface area contributed by atoms with Crippen LogP contribution < -0.4 is 14.8 Å².